The van der Waals surface area contributed by atoms with Crippen LogP contribution in [0.5, 0.6) is 5.75 Å². The SMILES string of the molecule is COc1cc(Cl)ccc1C(=O)NS(=O)(=O)/C=C/c1ccccn1. The summed E-state index contributed by atoms with van der Waals surface area (Å²) in [4.78, 5) is 16.1. The Labute approximate surface area is 138 Å². The van der Waals surface area contributed by atoms with E-state index in [2.05, 4.69) is 4.98 Å². The fourth-order valence-corrected chi connectivity index (χ4v) is 2.62. The molecule has 0 aliphatic heterocycles. The van der Waals surface area contributed by atoms with Crippen LogP contribution >= 0.6 is 11.6 Å². The molecule has 1 N–H and O–H groups in total. The summed E-state index contributed by atoms with van der Waals surface area (Å²) in [5.74, 6) is -0.636. The fraction of sp³-hybridized carbons (Fsp3) is 0.0667. The van der Waals surface area contributed by atoms with Gasteiger partial charge in [-0.1, -0.05) is 17.7 Å². The van der Waals surface area contributed by atoms with Gasteiger partial charge in [0.25, 0.3) is 15.9 Å². The second-order valence-electron chi connectivity index (χ2n) is 4.38. The van der Waals surface area contributed by atoms with E-state index in [-0.39, 0.29) is 11.3 Å². The van der Waals surface area contributed by atoms with Crippen molar-refractivity contribution in [2.45, 2.75) is 0 Å². The molecule has 2 aromatic rings. The van der Waals surface area contributed by atoms with Crippen LogP contribution in [0.1, 0.15) is 16.1 Å². The number of benzene rings is 1. The molecule has 1 amide bonds. The normalized spacial score (nSPS) is 11.4. The van der Waals surface area contributed by atoms with E-state index < -0.39 is 15.9 Å². The maximum Gasteiger partial charge on any atom is 0.268 e. The van der Waals surface area contributed by atoms with Gasteiger partial charge in [-0.15, -0.1) is 0 Å². The summed E-state index contributed by atoms with van der Waals surface area (Å²) in [6.45, 7) is 0. The summed E-state index contributed by atoms with van der Waals surface area (Å²) in [5, 5.41) is 1.24. The van der Waals surface area contributed by atoms with Gasteiger partial charge in [-0.25, -0.2) is 13.1 Å². The monoisotopic (exact) mass is 352 g/mol. The second kappa shape index (κ2) is 7.26. The summed E-state index contributed by atoms with van der Waals surface area (Å²) in [6.07, 6.45) is 2.82. The Balaban J connectivity index is 2.17. The van der Waals surface area contributed by atoms with E-state index in [0.29, 0.717) is 10.7 Å². The molecule has 6 nitrogen and oxygen atoms in total. The smallest absolute Gasteiger partial charge is 0.268 e. The van der Waals surface area contributed by atoms with Gasteiger partial charge in [0.05, 0.1) is 23.8 Å². The molecule has 0 bridgehead atoms. The number of pyridine rings is 1. The van der Waals surface area contributed by atoms with Gasteiger partial charge in [0, 0.05) is 11.2 Å². The molecule has 0 spiro atoms. The van der Waals surface area contributed by atoms with Gasteiger partial charge in [0.15, 0.2) is 0 Å². The van der Waals surface area contributed by atoms with Crippen molar-refractivity contribution in [3.05, 3.63) is 64.3 Å². The fourth-order valence-electron chi connectivity index (χ4n) is 1.70. The molecule has 120 valence electrons. The minimum absolute atomic E-state index is 0.0618. The molecular formula is C15H13ClN2O4S. The Bertz CT molecular complexity index is 836. The van der Waals surface area contributed by atoms with Crippen LogP contribution in [-0.4, -0.2) is 26.4 Å². The molecule has 8 heteroatoms. The predicted molar refractivity (Wildman–Crippen MR) is 87.7 cm³/mol. The summed E-state index contributed by atoms with van der Waals surface area (Å²) < 4.78 is 30.8. The van der Waals surface area contributed by atoms with Gasteiger partial charge in [0.2, 0.25) is 0 Å². The van der Waals surface area contributed by atoms with E-state index in [4.69, 9.17) is 16.3 Å². The lowest BCUT2D eigenvalue weighted by Crippen LogP contribution is -2.29. The van der Waals surface area contributed by atoms with Gasteiger partial charge < -0.3 is 4.74 Å². The number of amides is 1. The number of ether oxygens (including phenoxy) is 1. The Morgan fingerprint density at radius 1 is 1.30 bits per heavy atom. The third kappa shape index (κ3) is 4.80. The largest absolute Gasteiger partial charge is 0.496 e. The molecule has 0 fully saturated rings. The Hall–Kier alpha value is -2.38. The first kappa shape index (κ1) is 17.0. The standard InChI is InChI=1S/C15H13ClN2O4S/c1-22-14-10-11(16)5-6-13(14)15(19)18-23(20,21)9-7-12-4-2-3-8-17-12/h2-10H,1H3,(H,18,19)/b9-7+. The molecule has 1 aromatic carbocycles. The molecule has 0 saturated heterocycles. The van der Waals surface area contributed by atoms with Crippen molar-refractivity contribution < 1.29 is 17.9 Å². The molecule has 0 aliphatic rings. The van der Waals surface area contributed by atoms with Crippen molar-refractivity contribution in [2.75, 3.05) is 7.11 Å². The highest BCUT2D eigenvalue weighted by Crippen LogP contribution is 2.23. The number of nitrogens with zero attached hydrogens (tertiary/aromatic N) is 1. The first-order valence-corrected chi connectivity index (χ1v) is 8.33. The molecule has 2 rings (SSSR count). The van der Waals surface area contributed by atoms with E-state index in [0.717, 1.165) is 5.41 Å². The Morgan fingerprint density at radius 2 is 2.09 bits per heavy atom. The third-order valence-corrected chi connectivity index (χ3v) is 3.95. The highest BCUT2D eigenvalue weighted by atomic mass is 35.5. The number of carbonyl (C=O) groups is 1. The third-order valence-electron chi connectivity index (χ3n) is 2.75. The van der Waals surface area contributed by atoms with Crippen molar-refractivity contribution >= 4 is 33.6 Å². The molecule has 0 saturated carbocycles. The maximum atomic E-state index is 12.1. The Morgan fingerprint density at radius 3 is 2.74 bits per heavy atom. The summed E-state index contributed by atoms with van der Waals surface area (Å²) in [5.41, 5.74) is 0.515. The minimum atomic E-state index is -3.97. The lowest BCUT2D eigenvalue weighted by atomic mass is 10.2. The summed E-state index contributed by atoms with van der Waals surface area (Å²) in [7, 11) is -2.61. The van der Waals surface area contributed by atoms with Gasteiger partial charge >= 0.3 is 0 Å². The van der Waals surface area contributed by atoms with Crippen LogP contribution in [0.25, 0.3) is 6.08 Å². The van der Waals surface area contributed by atoms with Crippen molar-refractivity contribution in [2.24, 2.45) is 0 Å². The number of hydrogen-bond donors (Lipinski definition) is 1. The van der Waals surface area contributed by atoms with E-state index in [1.54, 1.807) is 18.2 Å². The number of sulfonamides is 1. The molecule has 0 radical (unpaired) electrons. The van der Waals surface area contributed by atoms with E-state index in [1.165, 1.54) is 37.6 Å². The lowest BCUT2D eigenvalue weighted by Gasteiger charge is -2.08. The molecule has 0 aliphatic carbocycles. The van der Waals surface area contributed by atoms with Crippen LogP contribution < -0.4 is 9.46 Å². The van der Waals surface area contributed by atoms with Gasteiger partial charge in [-0.3, -0.25) is 9.78 Å². The molecule has 1 aromatic heterocycles. The van der Waals surface area contributed by atoms with Gasteiger partial charge in [-0.2, -0.15) is 0 Å². The first-order valence-electron chi connectivity index (χ1n) is 6.41. The van der Waals surface area contributed by atoms with Crippen LogP contribution in [0.15, 0.2) is 48.0 Å². The average Bonchev–Trinajstić information content (AvgIpc) is 2.53. The van der Waals surface area contributed by atoms with Crippen LogP contribution in [0.4, 0.5) is 0 Å². The molecule has 1 heterocycles. The highest BCUT2D eigenvalue weighted by Gasteiger charge is 2.17. The summed E-state index contributed by atoms with van der Waals surface area (Å²) in [6, 6.07) is 9.34. The molecule has 23 heavy (non-hydrogen) atoms. The van der Waals surface area contributed by atoms with E-state index in [9.17, 15) is 13.2 Å². The van der Waals surface area contributed by atoms with Crippen LogP contribution in [0, 0.1) is 0 Å². The lowest BCUT2D eigenvalue weighted by molar-refractivity contribution is 0.0979. The number of hydrogen-bond acceptors (Lipinski definition) is 5. The zero-order valence-electron chi connectivity index (χ0n) is 12.1. The highest BCUT2D eigenvalue weighted by molar-refractivity contribution is 7.93. The maximum absolute atomic E-state index is 12.1. The number of rotatable bonds is 5. The average molecular weight is 353 g/mol. The molecule has 0 atom stereocenters. The zero-order valence-corrected chi connectivity index (χ0v) is 13.6. The number of methoxy groups -OCH3 is 1. The van der Waals surface area contributed by atoms with Crippen molar-refractivity contribution in [1.82, 2.24) is 9.71 Å². The Kier molecular flexibility index (Phi) is 5.36. The van der Waals surface area contributed by atoms with E-state index >= 15 is 0 Å². The number of nitrogens with one attached hydrogen (secondary N) is 1. The predicted octanol–water partition coefficient (Wildman–Crippen LogP) is 2.47. The summed E-state index contributed by atoms with van der Waals surface area (Å²) >= 11 is 5.80. The number of halogens is 1. The minimum Gasteiger partial charge on any atom is -0.496 e. The quantitative estimate of drug-likeness (QED) is 0.893. The van der Waals surface area contributed by atoms with Crippen LogP contribution in [0.3, 0.4) is 0 Å². The van der Waals surface area contributed by atoms with E-state index in [1.807, 2.05) is 4.72 Å². The second-order valence-corrected chi connectivity index (χ2v) is 6.38. The van der Waals surface area contributed by atoms with Crippen LogP contribution in [0.2, 0.25) is 5.02 Å². The van der Waals surface area contributed by atoms with Crippen molar-refractivity contribution in [3.63, 3.8) is 0 Å². The zero-order chi connectivity index (χ0) is 16.9. The first-order chi connectivity index (χ1) is 10.9. The topological polar surface area (TPSA) is 85.4 Å². The van der Waals surface area contributed by atoms with Gasteiger partial charge in [-0.05, 0) is 36.4 Å². The van der Waals surface area contributed by atoms with Crippen molar-refractivity contribution in [3.8, 4) is 5.75 Å². The van der Waals surface area contributed by atoms with Gasteiger partial charge in [0.1, 0.15) is 5.75 Å². The molecule has 0 unspecified atom stereocenters. The van der Waals surface area contributed by atoms with Crippen molar-refractivity contribution in [1.29, 1.82) is 0 Å². The molecular weight excluding hydrogens is 340 g/mol. The number of aromatic nitrogens is 1. The van der Waals surface area contributed by atoms with Crippen LogP contribution in [-0.2, 0) is 10.0 Å². The number of carbonyl (C=O) groups excluding carboxylic acids is 1.